The molecule has 0 amide bonds. The van der Waals surface area contributed by atoms with E-state index in [1.807, 2.05) is 0 Å². The Morgan fingerprint density at radius 2 is 1.95 bits per heavy atom. The van der Waals surface area contributed by atoms with E-state index in [-0.39, 0.29) is 6.10 Å². The first-order chi connectivity index (χ1) is 9.28. The van der Waals surface area contributed by atoms with Gasteiger partial charge in [-0.05, 0) is 56.1 Å². The first kappa shape index (κ1) is 14.5. The maximum Gasteiger partial charge on any atom is 0.0581 e. The predicted molar refractivity (Wildman–Crippen MR) is 78.4 cm³/mol. The van der Waals surface area contributed by atoms with E-state index >= 15 is 0 Å². The third-order valence-corrected chi connectivity index (χ3v) is 4.00. The average Bonchev–Trinajstić information content (AvgIpc) is 2.47. The van der Waals surface area contributed by atoms with E-state index in [4.69, 9.17) is 4.74 Å². The van der Waals surface area contributed by atoms with Gasteiger partial charge in [0.15, 0.2) is 0 Å². The van der Waals surface area contributed by atoms with Crippen molar-refractivity contribution in [3.05, 3.63) is 35.4 Å². The molecular formula is C17H26O2. The topological polar surface area (TPSA) is 29.5 Å². The van der Waals surface area contributed by atoms with Crippen LogP contribution in [-0.2, 0) is 17.6 Å². The van der Waals surface area contributed by atoms with E-state index in [1.165, 1.54) is 24.0 Å². The third-order valence-electron chi connectivity index (χ3n) is 4.00. The van der Waals surface area contributed by atoms with Gasteiger partial charge in [-0.3, -0.25) is 0 Å². The number of rotatable bonds is 6. The van der Waals surface area contributed by atoms with Crippen molar-refractivity contribution >= 4 is 0 Å². The van der Waals surface area contributed by atoms with Crippen LogP contribution >= 0.6 is 0 Å². The van der Waals surface area contributed by atoms with Crippen LogP contribution in [-0.4, -0.2) is 23.9 Å². The first-order valence-electron chi connectivity index (χ1n) is 7.65. The minimum Gasteiger partial charge on any atom is -0.393 e. The van der Waals surface area contributed by atoms with E-state index in [2.05, 4.69) is 31.2 Å². The number of aryl methyl sites for hydroxylation is 1. The van der Waals surface area contributed by atoms with Gasteiger partial charge in [0.25, 0.3) is 0 Å². The molecule has 2 rings (SSSR count). The van der Waals surface area contributed by atoms with Crippen molar-refractivity contribution in [2.45, 2.75) is 64.1 Å². The summed E-state index contributed by atoms with van der Waals surface area (Å²) < 4.78 is 5.70. The molecule has 1 saturated heterocycles. The quantitative estimate of drug-likeness (QED) is 0.850. The monoisotopic (exact) mass is 262 g/mol. The highest BCUT2D eigenvalue weighted by molar-refractivity contribution is 5.22. The van der Waals surface area contributed by atoms with Gasteiger partial charge in [0.2, 0.25) is 0 Å². The molecule has 106 valence electrons. The summed E-state index contributed by atoms with van der Waals surface area (Å²) in [6.45, 7) is 3.06. The van der Waals surface area contributed by atoms with Gasteiger partial charge >= 0.3 is 0 Å². The van der Waals surface area contributed by atoms with Crippen LogP contribution in [0.5, 0.6) is 0 Å². The lowest BCUT2D eigenvalue weighted by atomic mass is 9.98. The molecule has 0 saturated carbocycles. The van der Waals surface area contributed by atoms with Gasteiger partial charge < -0.3 is 9.84 Å². The van der Waals surface area contributed by atoms with E-state index in [1.54, 1.807) is 0 Å². The fourth-order valence-corrected chi connectivity index (χ4v) is 2.70. The fraction of sp³-hybridized carbons (Fsp3) is 0.647. The zero-order valence-corrected chi connectivity index (χ0v) is 12.0. The molecule has 1 fully saturated rings. The molecule has 0 spiro atoms. The minimum absolute atomic E-state index is 0.238. The first-order valence-corrected chi connectivity index (χ1v) is 7.65. The predicted octanol–water partition coefficient (Wildman–Crippen LogP) is 3.50. The van der Waals surface area contributed by atoms with Crippen molar-refractivity contribution < 1.29 is 9.84 Å². The molecule has 2 unspecified atom stereocenters. The lowest BCUT2D eigenvalue weighted by Crippen LogP contribution is -2.21. The van der Waals surface area contributed by atoms with Crippen molar-refractivity contribution in [2.24, 2.45) is 0 Å². The summed E-state index contributed by atoms with van der Waals surface area (Å²) in [6, 6.07) is 8.59. The van der Waals surface area contributed by atoms with Gasteiger partial charge in [-0.25, -0.2) is 0 Å². The van der Waals surface area contributed by atoms with E-state index in [0.717, 1.165) is 38.7 Å². The zero-order chi connectivity index (χ0) is 13.5. The Morgan fingerprint density at radius 3 is 2.58 bits per heavy atom. The molecule has 1 N–H and O–H groups in total. The van der Waals surface area contributed by atoms with Crippen molar-refractivity contribution in [2.75, 3.05) is 6.61 Å². The fourth-order valence-electron chi connectivity index (χ4n) is 2.70. The van der Waals surface area contributed by atoms with Crippen LogP contribution in [0.3, 0.4) is 0 Å². The highest BCUT2D eigenvalue weighted by atomic mass is 16.5. The van der Waals surface area contributed by atoms with Crippen molar-refractivity contribution in [3.63, 3.8) is 0 Å². The van der Waals surface area contributed by atoms with Crippen LogP contribution in [0.15, 0.2) is 24.3 Å². The second-order valence-electron chi connectivity index (χ2n) is 5.59. The Hall–Kier alpha value is -0.860. The molecule has 1 heterocycles. The molecule has 0 radical (unpaired) electrons. The van der Waals surface area contributed by atoms with Gasteiger partial charge in [-0.15, -0.1) is 0 Å². The Morgan fingerprint density at radius 1 is 1.21 bits per heavy atom. The molecular weight excluding hydrogens is 236 g/mol. The van der Waals surface area contributed by atoms with E-state index in [9.17, 15) is 5.11 Å². The molecule has 0 aliphatic carbocycles. The molecule has 1 aliphatic rings. The molecule has 2 atom stereocenters. The summed E-state index contributed by atoms with van der Waals surface area (Å²) >= 11 is 0. The SMILES string of the molecule is CCc1ccc(CC(O)CCC2CCCCO2)cc1. The molecule has 1 aromatic rings. The summed E-state index contributed by atoms with van der Waals surface area (Å²) in [6.07, 6.45) is 7.45. The number of ether oxygens (including phenoxy) is 1. The van der Waals surface area contributed by atoms with Gasteiger partial charge in [-0.1, -0.05) is 31.2 Å². The molecule has 1 aliphatic heterocycles. The lowest BCUT2D eigenvalue weighted by molar-refractivity contribution is 0.00234. The molecule has 2 heteroatoms. The molecule has 0 bridgehead atoms. The Bertz CT molecular complexity index is 352. The Balaban J connectivity index is 1.71. The van der Waals surface area contributed by atoms with Gasteiger partial charge in [-0.2, -0.15) is 0 Å². The summed E-state index contributed by atoms with van der Waals surface area (Å²) in [5.41, 5.74) is 2.59. The average molecular weight is 262 g/mol. The molecule has 0 aromatic heterocycles. The number of aliphatic hydroxyl groups is 1. The van der Waals surface area contributed by atoms with E-state index in [0.29, 0.717) is 6.10 Å². The van der Waals surface area contributed by atoms with Crippen LogP contribution in [0.2, 0.25) is 0 Å². The van der Waals surface area contributed by atoms with Crippen molar-refractivity contribution in [1.82, 2.24) is 0 Å². The summed E-state index contributed by atoms with van der Waals surface area (Å²) in [4.78, 5) is 0. The highest BCUT2D eigenvalue weighted by Crippen LogP contribution is 2.19. The Labute approximate surface area is 116 Å². The Kier molecular flexibility index (Phi) is 5.87. The number of hydrogen-bond donors (Lipinski definition) is 1. The lowest BCUT2D eigenvalue weighted by Gasteiger charge is -2.23. The molecule has 1 aromatic carbocycles. The maximum atomic E-state index is 10.1. The third kappa shape index (κ3) is 4.96. The van der Waals surface area contributed by atoms with Gasteiger partial charge in [0, 0.05) is 6.61 Å². The summed E-state index contributed by atoms with van der Waals surface area (Å²) in [5, 5.41) is 10.1. The second-order valence-corrected chi connectivity index (χ2v) is 5.59. The molecule has 19 heavy (non-hydrogen) atoms. The highest BCUT2D eigenvalue weighted by Gasteiger charge is 2.15. The van der Waals surface area contributed by atoms with Crippen molar-refractivity contribution in [3.8, 4) is 0 Å². The minimum atomic E-state index is -0.238. The second kappa shape index (κ2) is 7.66. The number of aliphatic hydroxyl groups excluding tert-OH is 1. The smallest absolute Gasteiger partial charge is 0.0581 e. The largest absolute Gasteiger partial charge is 0.393 e. The van der Waals surface area contributed by atoms with Crippen LogP contribution in [0.4, 0.5) is 0 Å². The zero-order valence-electron chi connectivity index (χ0n) is 12.0. The molecule has 2 nitrogen and oxygen atoms in total. The summed E-state index contributed by atoms with van der Waals surface area (Å²) in [5.74, 6) is 0. The summed E-state index contributed by atoms with van der Waals surface area (Å²) in [7, 11) is 0. The van der Waals surface area contributed by atoms with E-state index < -0.39 is 0 Å². The van der Waals surface area contributed by atoms with Gasteiger partial charge in [0.05, 0.1) is 12.2 Å². The standard InChI is InChI=1S/C17H26O2/c1-2-14-6-8-15(9-7-14)13-16(18)10-11-17-5-3-4-12-19-17/h6-9,16-18H,2-5,10-13H2,1H3. The number of benzene rings is 1. The van der Waals surface area contributed by atoms with Crippen LogP contribution in [0.25, 0.3) is 0 Å². The van der Waals surface area contributed by atoms with Gasteiger partial charge in [0.1, 0.15) is 0 Å². The maximum absolute atomic E-state index is 10.1. The number of hydrogen-bond acceptors (Lipinski definition) is 2. The van der Waals surface area contributed by atoms with Crippen LogP contribution < -0.4 is 0 Å². The van der Waals surface area contributed by atoms with Crippen molar-refractivity contribution in [1.29, 1.82) is 0 Å². The van der Waals surface area contributed by atoms with Crippen LogP contribution in [0.1, 0.15) is 50.2 Å². The van der Waals surface area contributed by atoms with Crippen LogP contribution in [0, 0.1) is 0 Å². The normalized spacial score (nSPS) is 21.3.